The molecule has 1 aliphatic carbocycles. The number of hydrogen-bond acceptors (Lipinski definition) is 9. The fourth-order valence-corrected chi connectivity index (χ4v) is 6.70. The van der Waals surface area contributed by atoms with Crippen LogP contribution >= 0.6 is 0 Å². The number of piperidine rings is 1. The second-order valence-corrected chi connectivity index (χ2v) is 13.9. The van der Waals surface area contributed by atoms with E-state index in [0.29, 0.717) is 77.0 Å². The van der Waals surface area contributed by atoms with Crippen molar-refractivity contribution in [3.8, 4) is 0 Å². The van der Waals surface area contributed by atoms with Crippen LogP contribution in [0, 0.1) is 5.41 Å². The van der Waals surface area contributed by atoms with E-state index in [1.54, 1.807) is 0 Å². The SMILES string of the molecule is CC(=O)N1CC[C@H](N)C[C@]1(CCCCB1OC(C)(C)C(C)(C)O1)C(=O)O.N[C@H]1CCC[C@@](CCCCB(O)O)(C(=O)O)C1. The number of rotatable bonds is 12. The molecule has 3 fully saturated rings. The number of carbonyl (C=O) groups excluding carboxylic acids is 1. The minimum Gasteiger partial charge on any atom is -0.481 e. The van der Waals surface area contributed by atoms with Crippen LogP contribution in [0.3, 0.4) is 0 Å². The molecule has 3 rings (SSSR count). The summed E-state index contributed by atoms with van der Waals surface area (Å²) in [5.74, 6) is -1.92. The van der Waals surface area contributed by atoms with E-state index >= 15 is 0 Å². The highest BCUT2D eigenvalue weighted by molar-refractivity contribution is 6.45. The number of nitrogens with two attached hydrogens (primary N) is 2. The Morgan fingerprint density at radius 2 is 1.47 bits per heavy atom. The summed E-state index contributed by atoms with van der Waals surface area (Å²) in [6, 6.07) is -0.201. The number of nitrogens with zero attached hydrogens (tertiary/aromatic N) is 1. The van der Waals surface area contributed by atoms with Crippen molar-refractivity contribution in [2.24, 2.45) is 16.9 Å². The highest BCUT2D eigenvalue weighted by Crippen LogP contribution is 2.41. The maximum Gasteiger partial charge on any atom is 0.457 e. The van der Waals surface area contributed by atoms with Gasteiger partial charge in [-0.3, -0.25) is 9.59 Å². The average Bonchev–Trinajstić information content (AvgIpc) is 3.10. The van der Waals surface area contributed by atoms with Crippen molar-refractivity contribution in [3.05, 3.63) is 0 Å². The van der Waals surface area contributed by atoms with E-state index in [-0.39, 0.29) is 36.3 Å². The predicted octanol–water partition coefficient (Wildman–Crippen LogP) is 2.64. The lowest BCUT2D eigenvalue weighted by Crippen LogP contribution is -2.62. The lowest BCUT2D eigenvalue weighted by molar-refractivity contribution is -0.163. The first-order chi connectivity index (χ1) is 19.9. The molecule has 246 valence electrons. The summed E-state index contributed by atoms with van der Waals surface area (Å²) < 4.78 is 12.0. The summed E-state index contributed by atoms with van der Waals surface area (Å²) >= 11 is 0. The molecule has 43 heavy (non-hydrogen) atoms. The quantitative estimate of drug-likeness (QED) is 0.140. The van der Waals surface area contributed by atoms with Crippen LogP contribution in [0.1, 0.15) is 112 Å². The topological polar surface area (TPSA) is 206 Å². The number of unbranched alkanes of at least 4 members (excludes halogenated alkanes) is 2. The van der Waals surface area contributed by atoms with Gasteiger partial charge >= 0.3 is 26.2 Å². The van der Waals surface area contributed by atoms with Gasteiger partial charge in [-0.1, -0.05) is 32.1 Å². The van der Waals surface area contributed by atoms with Crippen LogP contribution in [-0.4, -0.2) is 92.6 Å². The molecule has 4 atom stereocenters. The van der Waals surface area contributed by atoms with Crippen molar-refractivity contribution >= 4 is 32.1 Å². The van der Waals surface area contributed by atoms with Crippen molar-refractivity contribution in [1.29, 1.82) is 0 Å². The number of carboxylic acid groups (broad SMARTS) is 2. The third-order valence-corrected chi connectivity index (χ3v) is 9.91. The summed E-state index contributed by atoms with van der Waals surface area (Å²) in [6.45, 7) is 9.89. The molecule has 0 radical (unpaired) electrons. The largest absolute Gasteiger partial charge is 0.481 e. The van der Waals surface area contributed by atoms with Gasteiger partial charge in [-0.15, -0.1) is 0 Å². The zero-order valence-electron chi connectivity index (χ0n) is 26.8. The summed E-state index contributed by atoms with van der Waals surface area (Å²) in [5, 5.41) is 36.7. The monoisotopic (exact) mass is 611 g/mol. The maximum atomic E-state index is 12.1. The zero-order chi connectivity index (χ0) is 32.6. The van der Waals surface area contributed by atoms with E-state index in [2.05, 4.69) is 0 Å². The Balaban J connectivity index is 0.000000329. The standard InChI is InChI=1S/C18H33BN2O5.C11H22BNO4/c1-13(22)21-11-8-14(20)12-18(21,15(23)24)9-6-7-10-19-25-16(2,3)17(4,5)26-19;13-9-4-3-6-11(8-9,10(14)15)5-1-2-7-12(16)17/h14H,6-12,20H2,1-5H3,(H,23,24);9,16-17H,1-8,13H2,(H,14,15)/t14-,18+;9-,11+/m00/s1. The molecule has 1 amide bonds. The lowest BCUT2D eigenvalue weighted by atomic mass is 9.69. The molecular formula is C29H55B2N3O9. The van der Waals surface area contributed by atoms with Crippen molar-refractivity contribution in [1.82, 2.24) is 4.90 Å². The van der Waals surface area contributed by atoms with Crippen LogP contribution in [0.25, 0.3) is 0 Å². The summed E-state index contributed by atoms with van der Waals surface area (Å²) in [5.41, 5.74) is 9.29. The van der Waals surface area contributed by atoms with E-state index in [9.17, 15) is 24.6 Å². The fraction of sp³-hybridized carbons (Fsp3) is 0.897. The smallest absolute Gasteiger partial charge is 0.457 e. The first kappa shape index (κ1) is 37.5. The molecule has 8 N–H and O–H groups in total. The second kappa shape index (κ2) is 15.5. The lowest BCUT2D eigenvalue weighted by Gasteiger charge is -2.46. The Morgan fingerprint density at radius 3 is 1.98 bits per heavy atom. The van der Waals surface area contributed by atoms with Gasteiger partial charge in [0.15, 0.2) is 0 Å². The number of amides is 1. The van der Waals surface area contributed by atoms with Gasteiger partial charge < -0.3 is 45.9 Å². The molecule has 1 saturated carbocycles. The molecule has 0 unspecified atom stereocenters. The van der Waals surface area contributed by atoms with Gasteiger partial charge in [0.2, 0.25) is 5.91 Å². The molecule has 2 saturated heterocycles. The average molecular weight is 611 g/mol. The molecule has 0 aromatic carbocycles. The number of hydrogen-bond donors (Lipinski definition) is 6. The normalized spacial score (nSPS) is 29.9. The van der Waals surface area contributed by atoms with Crippen molar-refractivity contribution in [3.63, 3.8) is 0 Å². The number of carbonyl (C=O) groups is 3. The zero-order valence-corrected chi connectivity index (χ0v) is 26.8. The highest BCUT2D eigenvalue weighted by Gasteiger charge is 2.51. The predicted molar refractivity (Wildman–Crippen MR) is 165 cm³/mol. The number of carboxylic acids is 2. The molecule has 12 nitrogen and oxygen atoms in total. The Labute approximate surface area is 257 Å². The third kappa shape index (κ3) is 9.89. The first-order valence-electron chi connectivity index (χ1n) is 15.9. The summed E-state index contributed by atoms with van der Waals surface area (Å²) in [6.07, 6.45) is 8.75. The van der Waals surface area contributed by atoms with Gasteiger partial charge in [0.05, 0.1) is 16.6 Å². The molecule has 0 bridgehead atoms. The molecule has 3 aliphatic rings. The molecule has 2 aliphatic heterocycles. The van der Waals surface area contributed by atoms with Gasteiger partial charge in [-0.05, 0) is 85.3 Å². The van der Waals surface area contributed by atoms with Crippen LogP contribution < -0.4 is 11.5 Å². The van der Waals surface area contributed by atoms with Crippen LogP contribution in [-0.2, 0) is 23.7 Å². The third-order valence-electron chi connectivity index (χ3n) is 9.91. The Kier molecular flexibility index (Phi) is 13.5. The molecule has 14 heteroatoms. The summed E-state index contributed by atoms with van der Waals surface area (Å²) in [7, 11) is -1.57. The van der Waals surface area contributed by atoms with Crippen LogP contribution in [0.4, 0.5) is 0 Å². The Bertz CT molecular complexity index is 938. The van der Waals surface area contributed by atoms with Gasteiger partial charge in [0.25, 0.3) is 0 Å². The van der Waals surface area contributed by atoms with Gasteiger partial charge in [0, 0.05) is 25.6 Å². The van der Waals surface area contributed by atoms with Crippen LogP contribution in [0.2, 0.25) is 12.6 Å². The highest BCUT2D eigenvalue weighted by atomic mass is 16.7. The van der Waals surface area contributed by atoms with E-state index in [0.717, 1.165) is 19.3 Å². The minimum atomic E-state index is -1.29. The van der Waals surface area contributed by atoms with Crippen molar-refractivity contribution in [2.75, 3.05) is 6.54 Å². The van der Waals surface area contributed by atoms with Crippen LogP contribution in [0.15, 0.2) is 0 Å². The minimum absolute atomic E-state index is 0.0108. The Morgan fingerprint density at radius 1 is 0.884 bits per heavy atom. The second-order valence-electron chi connectivity index (χ2n) is 13.9. The molecular weight excluding hydrogens is 556 g/mol. The molecule has 0 spiro atoms. The maximum absolute atomic E-state index is 12.1. The van der Waals surface area contributed by atoms with E-state index in [1.165, 1.54) is 11.8 Å². The van der Waals surface area contributed by atoms with Crippen molar-refractivity contribution in [2.45, 2.75) is 153 Å². The van der Waals surface area contributed by atoms with E-state index < -0.39 is 30.0 Å². The molecule has 2 heterocycles. The number of aliphatic carboxylic acids is 2. The van der Waals surface area contributed by atoms with Crippen molar-refractivity contribution < 1.29 is 44.0 Å². The summed E-state index contributed by atoms with van der Waals surface area (Å²) in [4.78, 5) is 36.9. The van der Waals surface area contributed by atoms with E-state index in [4.69, 9.17) is 30.8 Å². The Hall–Kier alpha value is -1.70. The van der Waals surface area contributed by atoms with Gasteiger partial charge in [-0.25, -0.2) is 4.79 Å². The van der Waals surface area contributed by atoms with Gasteiger partial charge in [0.1, 0.15) is 5.54 Å². The first-order valence-corrected chi connectivity index (χ1v) is 15.9. The van der Waals surface area contributed by atoms with Gasteiger partial charge in [-0.2, -0.15) is 0 Å². The number of likely N-dealkylation sites (tertiary alicyclic amines) is 1. The molecule has 0 aromatic rings. The van der Waals surface area contributed by atoms with E-state index in [1.807, 2.05) is 27.7 Å². The van der Waals surface area contributed by atoms with Crippen LogP contribution in [0.5, 0.6) is 0 Å². The fourth-order valence-electron chi connectivity index (χ4n) is 6.70. The molecule has 0 aromatic heterocycles.